The molecule has 0 saturated heterocycles. The second-order valence-electron chi connectivity index (χ2n) is 16.6. The van der Waals surface area contributed by atoms with Gasteiger partial charge in [-0.25, -0.2) is 0 Å². The van der Waals surface area contributed by atoms with E-state index in [4.69, 9.17) is 0 Å². The van der Waals surface area contributed by atoms with Gasteiger partial charge in [0, 0.05) is 0 Å². The Hall–Kier alpha value is 0.797. The number of thiophene rings is 2. The first kappa shape index (κ1) is 45.2. The summed E-state index contributed by atoms with van der Waals surface area (Å²) in [7, 11) is 0. The van der Waals surface area contributed by atoms with Gasteiger partial charge in [0.2, 0.25) is 0 Å². The van der Waals surface area contributed by atoms with E-state index in [0.29, 0.717) is 0 Å². The molecule has 0 radical (unpaired) electrons. The predicted octanol–water partition coefficient (Wildman–Crippen LogP) is 16.2. The molecule has 1 unspecified atom stereocenters. The van der Waals surface area contributed by atoms with Crippen molar-refractivity contribution in [1.82, 2.24) is 4.57 Å². The zero-order valence-electron chi connectivity index (χ0n) is 34.8. The summed E-state index contributed by atoms with van der Waals surface area (Å²) < 4.78 is 19.8. The Kier molecular flexibility index (Phi) is 22.6. The molecule has 3 aromatic heterocycles. The molecule has 0 amide bonds. The fraction of sp³-hybridized carbons (Fsp3) is 0.822. The minimum absolute atomic E-state index is 0.964. The summed E-state index contributed by atoms with van der Waals surface area (Å²) >= 11 is -0.299. The first-order valence-electron chi connectivity index (χ1n) is 22.5. The summed E-state index contributed by atoms with van der Waals surface area (Å²) in [4.78, 5) is 0. The van der Waals surface area contributed by atoms with Crippen LogP contribution in [0.1, 0.15) is 190 Å². The molecule has 5 heteroatoms. The first-order valence-corrected chi connectivity index (χ1v) is 39.1. The van der Waals surface area contributed by atoms with Crippen LogP contribution in [0.5, 0.6) is 0 Å². The quantitative estimate of drug-likeness (QED) is 0.0447. The van der Waals surface area contributed by atoms with Crippen LogP contribution >= 0.6 is 22.7 Å². The molecule has 3 aromatic rings. The molecule has 0 spiro atoms. The van der Waals surface area contributed by atoms with Gasteiger partial charge in [-0.15, -0.1) is 0 Å². The summed E-state index contributed by atoms with van der Waals surface area (Å²) in [5.74, 6) is 0.964. The Morgan fingerprint density at radius 3 is 1.18 bits per heavy atom. The van der Waals surface area contributed by atoms with E-state index in [0.717, 1.165) is 5.92 Å². The van der Waals surface area contributed by atoms with Gasteiger partial charge >= 0.3 is 305 Å². The minimum atomic E-state index is -2.50. The van der Waals surface area contributed by atoms with Gasteiger partial charge in [0.25, 0.3) is 0 Å². The van der Waals surface area contributed by atoms with Crippen molar-refractivity contribution in [2.75, 3.05) is 0 Å². The van der Waals surface area contributed by atoms with E-state index < -0.39 is 36.8 Å². The number of rotatable bonds is 31. The van der Waals surface area contributed by atoms with Gasteiger partial charge in [0.15, 0.2) is 0 Å². The Labute approximate surface area is 328 Å². The van der Waals surface area contributed by atoms with Crippen LogP contribution in [0.4, 0.5) is 0 Å². The molecule has 1 nitrogen and oxygen atoms in total. The van der Waals surface area contributed by atoms with E-state index >= 15 is 0 Å². The normalized spacial score (nSPS) is 13.4. The van der Waals surface area contributed by atoms with Gasteiger partial charge < -0.3 is 0 Å². The van der Waals surface area contributed by atoms with E-state index in [9.17, 15) is 0 Å². The second-order valence-corrected chi connectivity index (χ2v) is 47.0. The molecule has 0 aliphatic heterocycles. The van der Waals surface area contributed by atoms with Gasteiger partial charge in [-0.2, -0.15) is 0 Å². The van der Waals surface area contributed by atoms with Crippen LogP contribution < -0.4 is 5.79 Å². The van der Waals surface area contributed by atoms with Crippen LogP contribution in [0, 0.1) is 5.92 Å². The number of aromatic nitrogens is 1. The molecule has 0 fully saturated rings. The molecule has 50 heavy (non-hydrogen) atoms. The number of nitrogens with zero attached hydrogens (tertiary/aromatic N) is 1. The molecule has 0 saturated carbocycles. The number of fused-ring (bicyclic) bond motifs is 3. The summed E-state index contributed by atoms with van der Waals surface area (Å²) in [6.07, 6.45) is 29.7. The topological polar surface area (TPSA) is 4.93 Å². The zero-order chi connectivity index (χ0) is 36.2. The monoisotopic (exact) mass is 941 g/mol. The van der Waals surface area contributed by atoms with Gasteiger partial charge in [-0.3, -0.25) is 0 Å². The molecule has 3 heterocycles. The van der Waals surface area contributed by atoms with Gasteiger partial charge in [-0.05, 0) is 0 Å². The predicted molar refractivity (Wildman–Crippen MR) is 241 cm³/mol. The number of hydrogen-bond acceptors (Lipinski definition) is 2. The SMILES string of the molecule is CCCCC(CC)CCCCCCn1c2c[c]([Sn]([CH2]CCC)([CH2]CCC)[CH2]CCC)sc2c2s[c]([Sn]([CH2]CCC)([CH2]CCC)[CH2]CCC)cc21. The molecule has 288 valence electrons. The van der Waals surface area contributed by atoms with Crippen LogP contribution in [0.3, 0.4) is 0 Å². The van der Waals surface area contributed by atoms with Crippen molar-refractivity contribution < 1.29 is 0 Å². The average Bonchev–Trinajstić information content (AvgIpc) is 3.84. The van der Waals surface area contributed by atoms with E-state index in [1.807, 2.05) is 5.79 Å². The average molecular weight is 940 g/mol. The Morgan fingerprint density at radius 2 is 0.820 bits per heavy atom. The van der Waals surface area contributed by atoms with Crippen molar-refractivity contribution >= 4 is 85.6 Å². The maximum atomic E-state index is 2.91. The van der Waals surface area contributed by atoms with Crippen molar-refractivity contribution in [3.63, 3.8) is 0 Å². The Morgan fingerprint density at radius 1 is 0.460 bits per heavy atom. The van der Waals surface area contributed by atoms with Crippen molar-refractivity contribution in [2.45, 2.75) is 223 Å². The number of aryl methyl sites for hydroxylation is 1. The second kappa shape index (κ2) is 25.1. The summed E-state index contributed by atoms with van der Waals surface area (Å²) in [5, 5.41) is 0. The molecule has 0 aliphatic rings. The maximum absolute atomic E-state index is 2.91. The molecule has 0 aliphatic carbocycles. The van der Waals surface area contributed by atoms with Crippen LogP contribution in [-0.2, 0) is 6.54 Å². The third-order valence-electron chi connectivity index (χ3n) is 12.6. The van der Waals surface area contributed by atoms with Gasteiger partial charge in [0.1, 0.15) is 0 Å². The van der Waals surface area contributed by atoms with E-state index in [1.54, 1.807) is 47.1 Å². The van der Waals surface area contributed by atoms with Crippen LogP contribution in [-0.4, -0.2) is 41.3 Å². The van der Waals surface area contributed by atoms with Crippen molar-refractivity contribution in [2.24, 2.45) is 5.92 Å². The van der Waals surface area contributed by atoms with E-state index in [-0.39, 0.29) is 0 Å². The molecular formula is C45H83NS2Sn2. The molecule has 0 N–H and O–H groups in total. The Balaban J connectivity index is 2.07. The summed E-state index contributed by atoms with van der Waals surface area (Å²) in [6.45, 7) is 20.6. The Bertz CT molecular complexity index is 1170. The van der Waals surface area contributed by atoms with Gasteiger partial charge in [0.05, 0.1) is 0 Å². The number of hydrogen-bond donors (Lipinski definition) is 0. The fourth-order valence-electron chi connectivity index (χ4n) is 9.06. The van der Waals surface area contributed by atoms with Crippen molar-refractivity contribution in [3.05, 3.63) is 12.1 Å². The third kappa shape index (κ3) is 12.7. The van der Waals surface area contributed by atoms with E-state index in [2.05, 4.69) is 94.8 Å². The van der Waals surface area contributed by atoms with Crippen LogP contribution in [0.2, 0.25) is 26.6 Å². The van der Waals surface area contributed by atoms with E-state index in [1.165, 1.54) is 141 Å². The van der Waals surface area contributed by atoms with Gasteiger partial charge in [-0.1, -0.05) is 26.7 Å². The standard InChI is InChI=1S/C21H29NS2.6C4H9.2Sn/c1-3-5-10-17(4-2)11-8-6-7-9-14-22-18-12-15-23-20(18)21-19(22)13-16-24-21;6*1-3-4-2;;/h12-13,17H,3-11,14H2,1-2H3;6*1,3-4H2,2H3;;. The first-order chi connectivity index (χ1) is 24.4. The van der Waals surface area contributed by atoms with Crippen molar-refractivity contribution in [1.29, 1.82) is 0 Å². The number of unbranched alkanes of at least 4 members (excludes halogenated alkanes) is 10. The molecule has 1 atom stereocenters. The van der Waals surface area contributed by atoms with Crippen LogP contribution in [0.15, 0.2) is 12.1 Å². The third-order valence-corrected chi connectivity index (χ3v) is 51.4. The molecular weight excluding hydrogens is 856 g/mol. The summed E-state index contributed by atoms with van der Waals surface area (Å²) in [6, 6.07) is 5.70. The van der Waals surface area contributed by atoms with Crippen molar-refractivity contribution in [3.8, 4) is 0 Å². The molecule has 0 aromatic carbocycles. The fourth-order valence-corrected chi connectivity index (χ4v) is 49.7. The molecule has 0 bridgehead atoms. The summed E-state index contributed by atoms with van der Waals surface area (Å²) in [5.41, 5.74) is 3.32. The molecule has 3 rings (SSSR count). The zero-order valence-corrected chi connectivity index (χ0v) is 42.1. The van der Waals surface area contributed by atoms with Crippen LogP contribution in [0.25, 0.3) is 20.4 Å².